The minimum atomic E-state index is -0.582. The van der Waals surface area contributed by atoms with Crippen LogP contribution in [-0.2, 0) is 0 Å². The topological polar surface area (TPSA) is 64.4 Å². The highest BCUT2D eigenvalue weighted by Crippen LogP contribution is 2.33. The van der Waals surface area contributed by atoms with E-state index in [0.717, 1.165) is 0 Å². The molecule has 0 aliphatic rings. The van der Waals surface area contributed by atoms with Crippen molar-refractivity contribution in [1.82, 2.24) is 5.16 Å². The number of nitrogens with zero attached hydrogens (tertiary/aromatic N) is 1. The second-order valence-corrected chi connectivity index (χ2v) is 5.88. The highest BCUT2D eigenvalue weighted by atomic mass is 35.5. The summed E-state index contributed by atoms with van der Waals surface area (Å²) in [4.78, 5) is 12.7. The third-order valence-electron chi connectivity index (χ3n) is 3.71. The predicted molar refractivity (Wildman–Crippen MR) is 97.2 cm³/mol. The van der Waals surface area contributed by atoms with Crippen molar-refractivity contribution in [3.8, 4) is 17.0 Å². The molecule has 1 amide bonds. The number of carbonyl (C=O) groups is 1. The zero-order chi connectivity index (χ0) is 18.7. The van der Waals surface area contributed by atoms with Crippen molar-refractivity contribution >= 4 is 23.2 Å². The lowest BCUT2D eigenvalue weighted by Gasteiger charge is -2.08. The van der Waals surface area contributed by atoms with Crippen molar-refractivity contribution in [3.63, 3.8) is 0 Å². The second kappa shape index (κ2) is 7.58. The van der Waals surface area contributed by atoms with Crippen LogP contribution in [0, 0.1) is 12.7 Å². The van der Waals surface area contributed by atoms with Gasteiger partial charge in [-0.2, -0.15) is 0 Å². The van der Waals surface area contributed by atoms with Crippen molar-refractivity contribution in [2.24, 2.45) is 0 Å². The molecule has 0 aliphatic heterocycles. The Morgan fingerprint density at radius 2 is 2.00 bits per heavy atom. The number of ether oxygens (including phenoxy) is 1. The van der Waals surface area contributed by atoms with Crippen molar-refractivity contribution in [2.45, 2.75) is 13.8 Å². The van der Waals surface area contributed by atoms with Gasteiger partial charge in [0.2, 0.25) is 0 Å². The maximum absolute atomic E-state index is 14.2. The van der Waals surface area contributed by atoms with Crippen LogP contribution in [0.4, 0.5) is 10.1 Å². The van der Waals surface area contributed by atoms with E-state index < -0.39 is 11.7 Å². The number of anilines is 1. The number of benzene rings is 2. The molecule has 0 unspecified atom stereocenters. The average Bonchev–Trinajstić information content (AvgIpc) is 2.98. The molecule has 0 saturated carbocycles. The van der Waals surface area contributed by atoms with Crippen LogP contribution in [0.5, 0.6) is 5.75 Å². The molecule has 3 rings (SSSR count). The quantitative estimate of drug-likeness (QED) is 0.675. The minimum absolute atomic E-state index is 0.0304. The largest absolute Gasteiger partial charge is 0.494 e. The molecule has 0 bridgehead atoms. The van der Waals surface area contributed by atoms with Crippen molar-refractivity contribution in [3.05, 3.63) is 64.6 Å². The first-order valence-electron chi connectivity index (χ1n) is 7.96. The van der Waals surface area contributed by atoms with Gasteiger partial charge in [0, 0.05) is 5.69 Å². The molecule has 0 spiro atoms. The molecule has 2 aromatic carbocycles. The number of aryl methyl sites for hydroxylation is 1. The Morgan fingerprint density at radius 1 is 1.27 bits per heavy atom. The summed E-state index contributed by atoms with van der Waals surface area (Å²) in [7, 11) is 0. The lowest BCUT2D eigenvalue weighted by molar-refractivity contribution is 0.102. The van der Waals surface area contributed by atoms with Crippen molar-refractivity contribution in [1.29, 1.82) is 0 Å². The molecule has 3 aromatic rings. The van der Waals surface area contributed by atoms with Gasteiger partial charge in [-0.1, -0.05) is 22.8 Å². The van der Waals surface area contributed by atoms with Crippen LogP contribution in [0.15, 0.2) is 47.0 Å². The molecule has 0 saturated heterocycles. The fourth-order valence-corrected chi connectivity index (χ4v) is 2.78. The van der Waals surface area contributed by atoms with Crippen LogP contribution in [0.2, 0.25) is 5.02 Å². The van der Waals surface area contributed by atoms with Crippen molar-refractivity contribution < 1.29 is 18.4 Å². The Kier molecular flexibility index (Phi) is 5.23. The Bertz CT molecular complexity index is 918. The molecule has 0 atom stereocenters. The van der Waals surface area contributed by atoms with Gasteiger partial charge in [0.15, 0.2) is 0 Å². The summed E-state index contributed by atoms with van der Waals surface area (Å²) < 4.78 is 24.7. The lowest BCUT2D eigenvalue weighted by Crippen LogP contribution is -2.13. The first-order valence-corrected chi connectivity index (χ1v) is 8.34. The molecular weight excluding hydrogens is 359 g/mol. The third kappa shape index (κ3) is 3.55. The van der Waals surface area contributed by atoms with Gasteiger partial charge >= 0.3 is 0 Å². The van der Waals surface area contributed by atoms with Crippen LogP contribution >= 0.6 is 11.6 Å². The van der Waals surface area contributed by atoms with E-state index in [1.165, 1.54) is 18.2 Å². The molecule has 0 radical (unpaired) electrons. The average molecular weight is 375 g/mol. The van der Waals surface area contributed by atoms with Gasteiger partial charge in [-0.3, -0.25) is 4.79 Å². The molecule has 134 valence electrons. The molecule has 0 fully saturated rings. The SMILES string of the molecule is CCOc1ccc(NC(=O)c2c(-c3c(F)cccc3Cl)noc2C)cc1. The number of halogens is 2. The van der Waals surface area contributed by atoms with E-state index in [1.54, 1.807) is 31.2 Å². The molecule has 0 aliphatic carbocycles. The van der Waals surface area contributed by atoms with Crippen LogP contribution in [-0.4, -0.2) is 17.7 Å². The first kappa shape index (κ1) is 17.9. The zero-order valence-corrected chi connectivity index (χ0v) is 14.9. The Labute approximate surface area is 154 Å². The summed E-state index contributed by atoms with van der Waals surface area (Å²) in [5, 5.41) is 6.72. The number of amides is 1. The van der Waals surface area contributed by atoms with Gasteiger partial charge in [0.1, 0.15) is 28.6 Å². The highest BCUT2D eigenvalue weighted by Gasteiger charge is 2.25. The number of carbonyl (C=O) groups excluding carboxylic acids is 1. The monoisotopic (exact) mass is 374 g/mol. The number of aromatic nitrogens is 1. The zero-order valence-electron chi connectivity index (χ0n) is 14.2. The second-order valence-electron chi connectivity index (χ2n) is 5.47. The number of rotatable bonds is 5. The molecule has 1 heterocycles. The van der Waals surface area contributed by atoms with Crippen molar-refractivity contribution in [2.75, 3.05) is 11.9 Å². The van der Waals surface area contributed by atoms with E-state index in [4.69, 9.17) is 20.9 Å². The van der Waals surface area contributed by atoms with Crippen LogP contribution in [0.3, 0.4) is 0 Å². The fourth-order valence-electron chi connectivity index (χ4n) is 2.53. The van der Waals surface area contributed by atoms with E-state index in [1.807, 2.05) is 6.92 Å². The Hall–Kier alpha value is -2.86. The third-order valence-corrected chi connectivity index (χ3v) is 4.03. The van der Waals surface area contributed by atoms with Gasteiger partial charge in [0.05, 0.1) is 17.2 Å². The van der Waals surface area contributed by atoms with Crippen LogP contribution in [0.25, 0.3) is 11.3 Å². The maximum atomic E-state index is 14.2. The van der Waals surface area contributed by atoms with Crippen LogP contribution < -0.4 is 10.1 Å². The molecule has 1 N–H and O–H groups in total. The summed E-state index contributed by atoms with van der Waals surface area (Å²) in [6, 6.07) is 11.2. The van der Waals surface area contributed by atoms with E-state index in [-0.39, 0.29) is 27.6 Å². The molecule has 26 heavy (non-hydrogen) atoms. The van der Waals surface area contributed by atoms with E-state index in [9.17, 15) is 9.18 Å². The standard InChI is InChI=1S/C19H16ClFN2O3/c1-3-25-13-9-7-12(8-10-13)22-19(24)16-11(2)26-23-18(16)17-14(20)5-4-6-15(17)21/h4-10H,3H2,1-2H3,(H,22,24). The Morgan fingerprint density at radius 3 is 2.65 bits per heavy atom. The van der Waals surface area contributed by atoms with Gasteiger partial charge in [-0.15, -0.1) is 0 Å². The number of nitrogens with one attached hydrogen (secondary N) is 1. The summed E-state index contributed by atoms with van der Waals surface area (Å²) in [6.07, 6.45) is 0. The summed E-state index contributed by atoms with van der Waals surface area (Å²) in [5.74, 6) is -0.0867. The number of hydrogen-bond donors (Lipinski definition) is 1. The smallest absolute Gasteiger partial charge is 0.261 e. The highest BCUT2D eigenvalue weighted by molar-refractivity contribution is 6.33. The fraction of sp³-hybridized carbons (Fsp3) is 0.158. The van der Waals surface area contributed by atoms with Gasteiger partial charge in [0.25, 0.3) is 5.91 Å². The van der Waals surface area contributed by atoms with Crippen LogP contribution in [0.1, 0.15) is 23.0 Å². The minimum Gasteiger partial charge on any atom is -0.494 e. The Balaban J connectivity index is 1.92. The molecule has 7 heteroatoms. The normalized spacial score (nSPS) is 10.6. The van der Waals surface area contributed by atoms with E-state index in [0.29, 0.717) is 18.0 Å². The first-order chi connectivity index (χ1) is 12.5. The van der Waals surface area contributed by atoms with E-state index >= 15 is 0 Å². The van der Waals surface area contributed by atoms with Gasteiger partial charge in [-0.25, -0.2) is 4.39 Å². The summed E-state index contributed by atoms with van der Waals surface area (Å²) >= 11 is 6.09. The lowest BCUT2D eigenvalue weighted by atomic mass is 10.0. The summed E-state index contributed by atoms with van der Waals surface area (Å²) in [6.45, 7) is 4.02. The molecular formula is C19H16ClFN2O3. The maximum Gasteiger partial charge on any atom is 0.261 e. The van der Waals surface area contributed by atoms with E-state index in [2.05, 4.69) is 10.5 Å². The van der Waals surface area contributed by atoms with Gasteiger partial charge in [-0.05, 0) is 50.2 Å². The predicted octanol–water partition coefficient (Wildman–Crippen LogP) is 5.09. The molecule has 5 nitrogen and oxygen atoms in total. The molecule has 1 aromatic heterocycles. The summed E-state index contributed by atoms with van der Waals surface area (Å²) in [5.41, 5.74) is 0.785. The number of hydrogen-bond acceptors (Lipinski definition) is 4. The van der Waals surface area contributed by atoms with Gasteiger partial charge < -0.3 is 14.6 Å².